The van der Waals surface area contributed by atoms with Gasteiger partial charge in [-0.05, 0) is 38.3 Å². The summed E-state index contributed by atoms with van der Waals surface area (Å²) in [5, 5.41) is 12.7. The predicted octanol–water partition coefficient (Wildman–Crippen LogP) is 2.53. The number of carbonyl (C=O) groups is 1. The van der Waals surface area contributed by atoms with Gasteiger partial charge in [-0.15, -0.1) is 0 Å². The van der Waals surface area contributed by atoms with E-state index in [-0.39, 0.29) is 5.91 Å². The van der Waals surface area contributed by atoms with E-state index >= 15 is 0 Å². The number of aryl methyl sites for hydroxylation is 1. The molecule has 17 heavy (non-hydrogen) atoms. The third-order valence-electron chi connectivity index (χ3n) is 3.57. The molecule has 1 aromatic rings. The lowest BCUT2D eigenvalue weighted by Crippen LogP contribution is -2.26. The van der Waals surface area contributed by atoms with Gasteiger partial charge in [0, 0.05) is 5.56 Å². The van der Waals surface area contributed by atoms with Gasteiger partial charge in [-0.3, -0.25) is 4.79 Å². The van der Waals surface area contributed by atoms with E-state index in [4.69, 9.17) is 0 Å². The molecule has 1 aliphatic rings. The summed E-state index contributed by atoms with van der Waals surface area (Å²) in [6.45, 7) is 7.64. The summed E-state index contributed by atoms with van der Waals surface area (Å²) in [7, 11) is 0. The van der Waals surface area contributed by atoms with Gasteiger partial charge in [-0.2, -0.15) is 0 Å². The number of carbonyl (C=O) groups excluding carboxylic acids is 1. The Morgan fingerprint density at radius 2 is 2.06 bits per heavy atom. The van der Waals surface area contributed by atoms with Crippen molar-refractivity contribution in [3.63, 3.8) is 0 Å². The van der Waals surface area contributed by atoms with Crippen LogP contribution < -0.4 is 5.32 Å². The van der Waals surface area contributed by atoms with Crippen LogP contribution in [0.5, 0.6) is 0 Å². The van der Waals surface area contributed by atoms with Gasteiger partial charge in [0.25, 0.3) is 0 Å². The van der Waals surface area contributed by atoms with Crippen molar-refractivity contribution in [3.8, 4) is 0 Å². The smallest absolute Gasteiger partial charge is 0.234 e. The average molecular weight is 233 g/mol. The molecular formula is C14H19NO2. The number of benzene rings is 1. The van der Waals surface area contributed by atoms with Gasteiger partial charge >= 0.3 is 0 Å². The number of nitrogens with one attached hydrogen (secondary N) is 1. The summed E-state index contributed by atoms with van der Waals surface area (Å²) in [6.07, 6.45) is 0.335. The maximum absolute atomic E-state index is 11.9. The molecule has 3 heteroatoms. The van der Waals surface area contributed by atoms with Crippen LogP contribution >= 0.6 is 0 Å². The van der Waals surface area contributed by atoms with Crippen molar-refractivity contribution in [2.75, 3.05) is 5.32 Å². The fourth-order valence-electron chi connectivity index (χ4n) is 2.28. The van der Waals surface area contributed by atoms with Gasteiger partial charge in [0.1, 0.15) is 0 Å². The summed E-state index contributed by atoms with van der Waals surface area (Å²) in [6, 6.07) is 4.05. The highest BCUT2D eigenvalue weighted by molar-refractivity contribution is 6.06. The van der Waals surface area contributed by atoms with Crippen molar-refractivity contribution in [3.05, 3.63) is 28.8 Å². The molecule has 1 atom stereocenters. The van der Waals surface area contributed by atoms with Gasteiger partial charge in [0.05, 0.1) is 17.2 Å². The first-order valence-corrected chi connectivity index (χ1v) is 6.04. The highest BCUT2D eigenvalue weighted by Crippen LogP contribution is 2.42. The van der Waals surface area contributed by atoms with Gasteiger partial charge in [0.2, 0.25) is 5.91 Å². The molecule has 1 heterocycles. The van der Waals surface area contributed by atoms with E-state index in [1.807, 2.05) is 19.9 Å². The van der Waals surface area contributed by atoms with Crippen molar-refractivity contribution in [1.29, 1.82) is 0 Å². The van der Waals surface area contributed by atoms with E-state index < -0.39 is 11.5 Å². The van der Waals surface area contributed by atoms with Gasteiger partial charge < -0.3 is 10.4 Å². The van der Waals surface area contributed by atoms with Crippen molar-refractivity contribution < 1.29 is 9.90 Å². The number of amides is 1. The topological polar surface area (TPSA) is 49.3 Å². The molecule has 2 N–H and O–H groups in total. The highest BCUT2D eigenvalue weighted by atomic mass is 16.3. The lowest BCUT2D eigenvalue weighted by molar-refractivity contribution is -0.119. The molecule has 0 bridgehead atoms. The van der Waals surface area contributed by atoms with E-state index in [1.165, 1.54) is 0 Å². The van der Waals surface area contributed by atoms with Crippen LogP contribution in [0.3, 0.4) is 0 Å². The van der Waals surface area contributed by atoms with Gasteiger partial charge in [-0.25, -0.2) is 0 Å². The molecule has 0 saturated carbocycles. The molecule has 0 spiro atoms. The Hall–Kier alpha value is -1.35. The minimum Gasteiger partial charge on any atom is -0.389 e. The number of aliphatic hydroxyl groups is 1. The van der Waals surface area contributed by atoms with E-state index in [0.717, 1.165) is 28.8 Å². The summed E-state index contributed by atoms with van der Waals surface area (Å²) >= 11 is 0. The third kappa shape index (κ3) is 1.75. The molecule has 1 amide bonds. The van der Waals surface area contributed by atoms with Crippen LogP contribution in [0.2, 0.25) is 0 Å². The lowest BCUT2D eigenvalue weighted by Gasteiger charge is -2.18. The van der Waals surface area contributed by atoms with E-state index in [1.54, 1.807) is 6.92 Å². The molecule has 1 unspecified atom stereocenters. The molecule has 0 aromatic heterocycles. The zero-order valence-corrected chi connectivity index (χ0v) is 10.8. The van der Waals surface area contributed by atoms with E-state index in [2.05, 4.69) is 18.3 Å². The minimum atomic E-state index is -0.565. The molecular weight excluding hydrogens is 214 g/mol. The SMILES string of the molecule is CCc1cc(C(C)O)c2c(c1)C(C)(C)C(=O)N2. The van der Waals surface area contributed by atoms with Crippen molar-refractivity contribution in [2.24, 2.45) is 0 Å². The summed E-state index contributed by atoms with van der Waals surface area (Å²) in [5.74, 6) is 0.00246. The van der Waals surface area contributed by atoms with Crippen molar-refractivity contribution in [2.45, 2.75) is 45.6 Å². The minimum absolute atomic E-state index is 0.00246. The Kier molecular flexibility index (Phi) is 2.74. The maximum Gasteiger partial charge on any atom is 0.234 e. The normalized spacial score (nSPS) is 18.8. The largest absolute Gasteiger partial charge is 0.389 e. The molecule has 1 aliphatic heterocycles. The number of aliphatic hydroxyl groups excluding tert-OH is 1. The van der Waals surface area contributed by atoms with Crippen LogP contribution in [0, 0.1) is 0 Å². The first-order chi connectivity index (χ1) is 7.87. The van der Waals surface area contributed by atoms with Crippen LogP contribution in [-0.4, -0.2) is 11.0 Å². The number of hydrogen-bond acceptors (Lipinski definition) is 2. The zero-order valence-electron chi connectivity index (χ0n) is 10.8. The second-order valence-corrected chi connectivity index (χ2v) is 5.22. The number of hydrogen-bond donors (Lipinski definition) is 2. The molecule has 0 saturated heterocycles. The summed E-state index contributed by atoms with van der Waals surface area (Å²) in [4.78, 5) is 11.9. The summed E-state index contributed by atoms with van der Waals surface area (Å²) in [5.41, 5.74) is 3.26. The van der Waals surface area contributed by atoms with Crippen LogP contribution in [0.15, 0.2) is 12.1 Å². The number of anilines is 1. The van der Waals surface area contributed by atoms with Crippen LogP contribution in [0.25, 0.3) is 0 Å². The van der Waals surface area contributed by atoms with E-state index in [0.29, 0.717) is 0 Å². The first-order valence-electron chi connectivity index (χ1n) is 6.04. The molecule has 1 aromatic carbocycles. The highest BCUT2D eigenvalue weighted by Gasteiger charge is 2.40. The average Bonchev–Trinajstić information content (AvgIpc) is 2.49. The second-order valence-electron chi connectivity index (χ2n) is 5.22. The second kappa shape index (κ2) is 3.84. The quantitative estimate of drug-likeness (QED) is 0.824. The monoisotopic (exact) mass is 233 g/mol. The molecule has 0 radical (unpaired) electrons. The van der Waals surface area contributed by atoms with Gasteiger partial charge in [0.15, 0.2) is 0 Å². The number of fused-ring (bicyclic) bond motifs is 1. The Morgan fingerprint density at radius 1 is 1.41 bits per heavy atom. The fourth-order valence-corrected chi connectivity index (χ4v) is 2.28. The zero-order chi connectivity index (χ0) is 12.8. The Morgan fingerprint density at radius 3 is 2.59 bits per heavy atom. The van der Waals surface area contributed by atoms with Crippen molar-refractivity contribution in [1.82, 2.24) is 0 Å². The Bertz CT molecular complexity index is 475. The molecule has 0 aliphatic carbocycles. The molecule has 3 nitrogen and oxygen atoms in total. The molecule has 2 rings (SSSR count). The standard InChI is InChI=1S/C14H19NO2/c1-5-9-6-10(8(2)16)12-11(7-9)14(3,4)13(17)15-12/h6-8,16H,5H2,1-4H3,(H,15,17). The Balaban J connectivity index is 2.68. The van der Waals surface area contributed by atoms with Crippen LogP contribution in [0.1, 0.15) is 50.5 Å². The Labute approximate surface area is 102 Å². The molecule has 0 fully saturated rings. The third-order valence-corrected chi connectivity index (χ3v) is 3.57. The summed E-state index contributed by atoms with van der Waals surface area (Å²) < 4.78 is 0. The lowest BCUT2D eigenvalue weighted by atomic mass is 9.83. The van der Waals surface area contributed by atoms with Gasteiger partial charge in [-0.1, -0.05) is 19.1 Å². The van der Waals surface area contributed by atoms with Crippen LogP contribution in [-0.2, 0) is 16.6 Å². The van der Waals surface area contributed by atoms with E-state index in [9.17, 15) is 9.90 Å². The van der Waals surface area contributed by atoms with Crippen LogP contribution in [0.4, 0.5) is 5.69 Å². The first kappa shape index (κ1) is 12.1. The molecule has 92 valence electrons. The maximum atomic E-state index is 11.9. The van der Waals surface area contributed by atoms with Crippen molar-refractivity contribution >= 4 is 11.6 Å². The number of rotatable bonds is 2. The predicted molar refractivity (Wildman–Crippen MR) is 68.1 cm³/mol. The fraction of sp³-hybridized carbons (Fsp3) is 0.500.